The largest absolute Gasteiger partial charge is 0.327 e. The van der Waals surface area contributed by atoms with Crippen LogP contribution in [-0.2, 0) is 10.0 Å². The van der Waals surface area contributed by atoms with Crippen molar-refractivity contribution < 1.29 is 12.8 Å². The van der Waals surface area contributed by atoms with E-state index >= 15 is 0 Å². The molecule has 3 unspecified atom stereocenters. The van der Waals surface area contributed by atoms with Crippen molar-refractivity contribution in [3.05, 3.63) is 0 Å². The molecule has 0 spiro atoms. The van der Waals surface area contributed by atoms with Crippen molar-refractivity contribution in [3.8, 4) is 0 Å². The highest BCUT2D eigenvalue weighted by Crippen LogP contribution is 2.38. The van der Waals surface area contributed by atoms with Gasteiger partial charge in [-0.3, -0.25) is 4.39 Å². The van der Waals surface area contributed by atoms with Crippen molar-refractivity contribution in [2.75, 3.05) is 25.5 Å². The summed E-state index contributed by atoms with van der Waals surface area (Å²) in [5.74, 6) is 0.674. The van der Waals surface area contributed by atoms with Gasteiger partial charge >= 0.3 is 0 Å². The molecule has 0 radical (unpaired) electrons. The number of hydrogen-bond acceptors (Lipinski definition) is 3. The van der Waals surface area contributed by atoms with Crippen LogP contribution >= 0.6 is 0 Å². The second-order valence-corrected chi connectivity index (χ2v) is 6.93. The standard InChI is InChI=1S/C10H19FN2O2S/c11-4-1-5-16(14,15)13-6-8-2-3-10(12)9(8)7-13/h8-10H,1-7,12H2. The molecule has 16 heavy (non-hydrogen) atoms. The predicted molar refractivity (Wildman–Crippen MR) is 60.1 cm³/mol. The third kappa shape index (κ3) is 2.24. The maximum absolute atomic E-state index is 12.0. The molecule has 2 rings (SSSR count). The molecule has 0 aromatic carbocycles. The number of nitrogens with zero attached hydrogens (tertiary/aromatic N) is 1. The molecular weight excluding hydrogens is 231 g/mol. The highest BCUT2D eigenvalue weighted by molar-refractivity contribution is 7.89. The Hall–Kier alpha value is -0.200. The Labute approximate surface area is 96.0 Å². The quantitative estimate of drug-likeness (QED) is 0.783. The monoisotopic (exact) mass is 250 g/mol. The first-order chi connectivity index (χ1) is 7.54. The summed E-state index contributed by atoms with van der Waals surface area (Å²) in [6.07, 6.45) is 2.13. The molecular formula is C10H19FN2O2S. The van der Waals surface area contributed by atoms with Gasteiger partial charge in [-0.25, -0.2) is 12.7 Å². The molecule has 6 heteroatoms. The molecule has 0 aromatic heterocycles. The van der Waals surface area contributed by atoms with Crippen LogP contribution in [0.4, 0.5) is 4.39 Å². The van der Waals surface area contributed by atoms with Crippen molar-refractivity contribution in [3.63, 3.8) is 0 Å². The lowest BCUT2D eigenvalue weighted by Crippen LogP contribution is -2.34. The fourth-order valence-electron chi connectivity index (χ4n) is 2.86. The first-order valence-corrected chi connectivity index (χ1v) is 7.45. The van der Waals surface area contributed by atoms with E-state index in [-0.39, 0.29) is 18.2 Å². The zero-order valence-corrected chi connectivity index (χ0v) is 10.1. The van der Waals surface area contributed by atoms with Crippen LogP contribution in [0.5, 0.6) is 0 Å². The summed E-state index contributed by atoms with van der Waals surface area (Å²) < 4.78 is 37.2. The van der Waals surface area contributed by atoms with Gasteiger partial charge in [0.05, 0.1) is 12.4 Å². The second-order valence-electron chi connectivity index (χ2n) is 4.84. The van der Waals surface area contributed by atoms with Crippen molar-refractivity contribution in [2.24, 2.45) is 17.6 Å². The van der Waals surface area contributed by atoms with Crippen LogP contribution in [0.2, 0.25) is 0 Å². The van der Waals surface area contributed by atoms with E-state index in [1.165, 1.54) is 4.31 Å². The Morgan fingerprint density at radius 1 is 1.31 bits per heavy atom. The molecule has 1 saturated carbocycles. The van der Waals surface area contributed by atoms with Gasteiger partial charge in [0.2, 0.25) is 10.0 Å². The highest BCUT2D eigenvalue weighted by atomic mass is 32.2. The Bertz CT molecular complexity index is 347. The van der Waals surface area contributed by atoms with Crippen LogP contribution in [0, 0.1) is 11.8 Å². The molecule has 2 fully saturated rings. The first-order valence-electron chi connectivity index (χ1n) is 5.84. The Morgan fingerprint density at radius 3 is 2.69 bits per heavy atom. The van der Waals surface area contributed by atoms with Gasteiger partial charge in [0.15, 0.2) is 0 Å². The minimum absolute atomic E-state index is 0.0713. The van der Waals surface area contributed by atoms with Gasteiger partial charge in [0.25, 0.3) is 0 Å². The van der Waals surface area contributed by atoms with Gasteiger partial charge in [-0.1, -0.05) is 0 Å². The van der Waals surface area contributed by atoms with E-state index in [0.717, 1.165) is 12.8 Å². The molecule has 2 aliphatic rings. The van der Waals surface area contributed by atoms with Gasteiger partial charge in [0.1, 0.15) is 0 Å². The third-order valence-corrected chi connectivity index (χ3v) is 5.70. The van der Waals surface area contributed by atoms with E-state index in [1.54, 1.807) is 0 Å². The van der Waals surface area contributed by atoms with E-state index in [2.05, 4.69) is 0 Å². The fraction of sp³-hybridized carbons (Fsp3) is 1.00. The molecule has 3 atom stereocenters. The van der Waals surface area contributed by atoms with Crippen LogP contribution in [0.1, 0.15) is 19.3 Å². The lowest BCUT2D eigenvalue weighted by atomic mass is 9.98. The van der Waals surface area contributed by atoms with Gasteiger partial charge in [-0.15, -0.1) is 0 Å². The fourth-order valence-corrected chi connectivity index (χ4v) is 4.41. The Morgan fingerprint density at radius 2 is 2.06 bits per heavy atom. The zero-order valence-electron chi connectivity index (χ0n) is 9.31. The van der Waals surface area contributed by atoms with Gasteiger partial charge in [0, 0.05) is 19.1 Å². The topological polar surface area (TPSA) is 63.4 Å². The normalized spacial score (nSPS) is 35.5. The number of nitrogens with two attached hydrogens (primary N) is 1. The number of alkyl halides is 1. The van der Waals surface area contributed by atoms with E-state index in [0.29, 0.717) is 24.9 Å². The van der Waals surface area contributed by atoms with Crippen LogP contribution in [0.3, 0.4) is 0 Å². The van der Waals surface area contributed by atoms with E-state index in [4.69, 9.17) is 5.73 Å². The molecule has 4 nitrogen and oxygen atoms in total. The summed E-state index contributed by atoms with van der Waals surface area (Å²) in [7, 11) is -3.25. The number of hydrogen-bond donors (Lipinski definition) is 1. The van der Waals surface area contributed by atoms with Crippen LogP contribution in [0.25, 0.3) is 0 Å². The minimum Gasteiger partial charge on any atom is -0.327 e. The SMILES string of the molecule is NC1CCC2CN(S(=O)(=O)CCCF)CC12. The molecule has 2 N–H and O–H groups in total. The van der Waals surface area contributed by atoms with Crippen LogP contribution < -0.4 is 5.73 Å². The maximum Gasteiger partial charge on any atom is 0.214 e. The Kier molecular flexibility index (Phi) is 3.51. The first kappa shape index (κ1) is 12.3. The van der Waals surface area contributed by atoms with Gasteiger partial charge < -0.3 is 5.73 Å². The molecule has 0 aromatic rings. The number of halogens is 1. The van der Waals surface area contributed by atoms with E-state index in [1.807, 2.05) is 0 Å². The predicted octanol–water partition coefficient (Wildman–Crippen LogP) is 0.345. The highest BCUT2D eigenvalue weighted by Gasteiger charge is 2.44. The summed E-state index contributed by atoms with van der Waals surface area (Å²) in [6, 6.07) is 0.145. The van der Waals surface area contributed by atoms with Crippen molar-refractivity contribution in [2.45, 2.75) is 25.3 Å². The smallest absolute Gasteiger partial charge is 0.214 e. The Balaban J connectivity index is 1.98. The molecule has 94 valence electrons. The van der Waals surface area contributed by atoms with Gasteiger partial charge in [-0.05, 0) is 31.1 Å². The molecule has 0 bridgehead atoms. The number of fused-ring (bicyclic) bond motifs is 1. The number of sulfonamides is 1. The average molecular weight is 250 g/mol. The average Bonchev–Trinajstić information content (AvgIpc) is 2.79. The lowest BCUT2D eigenvalue weighted by molar-refractivity contribution is 0.422. The minimum atomic E-state index is -3.25. The molecule has 0 amide bonds. The maximum atomic E-state index is 12.0. The van der Waals surface area contributed by atoms with Gasteiger partial charge in [-0.2, -0.15) is 0 Å². The van der Waals surface area contributed by atoms with Crippen molar-refractivity contribution in [1.82, 2.24) is 4.31 Å². The summed E-state index contributed by atoms with van der Waals surface area (Å²) in [6.45, 7) is 0.562. The molecule has 1 saturated heterocycles. The lowest BCUT2D eigenvalue weighted by Gasteiger charge is -2.18. The summed E-state index contributed by atoms with van der Waals surface area (Å²) in [5.41, 5.74) is 5.94. The molecule has 1 aliphatic heterocycles. The second kappa shape index (κ2) is 4.58. The van der Waals surface area contributed by atoms with Crippen molar-refractivity contribution >= 4 is 10.0 Å². The van der Waals surface area contributed by atoms with Crippen LogP contribution in [0.15, 0.2) is 0 Å². The summed E-state index contributed by atoms with van der Waals surface area (Å²) >= 11 is 0. The van der Waals surface area contributed by atoms with E-state index in [9.17, 15) is 12.8 Å². The van der Waals surface area contributed by atoms with E-state index < -0.39 is 16.7 Å². The number of rotatable bonds is 4. The molecule has 1 heterocycles. The summed E-state index contributed by atoms with van der Waals surface area (Å²) in [4.78, 5) is 0. The van der Waals surface area contributed by atoms with Crippen molar-refractivity contribution in [1.29, 1.82) is 0 Å². The summed E-state index contributed by atoms with van der Waals surface area (Å²) in [5, 5.41) is 0. The molecule has 1 aliphatic carbocycles. The third-order valence-electron chi connectivity index (χ3n) is 3.81. The zero-order chi connectivity index (χ0) is 11.8. The van der Waals surface area contributed by atoms with Crippen LogP contribution in [-0.4, -0.2) is 44.3 Å².